The Morgan fingerprint density at radius 3 is 3.07 bits per heavy atom. The van der Waals surface area contributed by atoms with Gasteiger partial charge < -0.3 is 5.11 Å². The van der Waals surface area contributed by atoms with E-state index in [9.17, 15) is 9.50 Å². The van der Waals surface area contributed by atoms with Crippen molar-refractivity contribution in [1.29, 1.82) is 0 Å². The van der Waals surface area contributed by atoms with E-state index in [4.69, 9.17) is 0 Å². The summed E-state index contributed by atoms with van der Waals surface area (Å²) < 4.78 is 13.5. The van der Waals surface area contributed by atoms with Crippen LogP contribution in [0.5, 0.6) is 5.75 Å². The largest absolute Gasteiger partial charge is 0.508 e. The summed E-state index contributed by atoms with van der Waals surface area (Å²) in [6.07, 6.45) is 2.74. The average molecular weight is 195 g/mol. The molecule has 0 saturated heterocycles. The van der Waals surface area contributed by atoms with Crippen molar-refractivity contribution in [2.24, 2.45) is 0 Å². The van der Waals surface area contributed by atoms with Crippen LogP contribution in [0.1, 0.15) is 49.5 Å². The van der Waals surface area contributed by atoms with Crippen LogP contribution in [0.3, 0.4) is 0 Å². The number of alkyl halides is 1. The van der Waals surface area contributed by atoms with E-state index in [1.165, 1.54) is 6.20 Å². The van der Waals surface area contributed by atoms with E-state index in [2.05, 4.69) is 11.9 Å². The molecule has 1 aromatic heterocycles. The molecule has 1 aliphatic carbocycles. The van der Waals surface area contributed by atoms with Crippen molar-refractivity contribution < 1.29 is 9.50 Å². The minimum absolute atomic E-state index is 0.198. The molecule has 1 N–H and O–H groups in total. The molecular formula is C11H14FNO. The van der Waals surface area contributed by atoms with E-state index >= 15 is 0 Å². The SMILES string of the molecule is CC[C@H]1CC[C@H](F)c2nccc(O)c21. The monoisotopic (exact) mass is 195 g/mol. The van der Waals surface area contributed by atoms with Gasteiger partial charge in [0, 0.05) is 11.8 Å². The van der Waals surface area contributed by atoms with Crippen LogP contribution in [0.2, 0.25) is 0 Å². The van der Waals surface area contributed by atoms with Gasteiger partial charge in [-0.3, -0.25) is 4.98 Å². The molecule has 0 spiro atoms. The quantitative estimate of drug-likeness (QED) is 0.747. The lowest BCUT2D eigenvalue weighted by atomic mass is 9.82. The van der Waals surface area contributed by atoms with Gasteiger partial charge in [-0.15, -0.1) is 0 Å². The van der Waals surface area contributed by atoms with Crippen LogP contribution >= 0.6 is 0 Å². The summed E-state index contributed by atoms with van der Waals surface area (Å²) in [6.45, 7) is 2.06. The number of pyridine rings is 1. The van der Waals surface area contributed by atoms with Gasteiger partial charge in [-0.1, -0.05) is 6.92 Å². The Kier molecular flexibility index (Phi) is 2.40. The highest BCUT2D eigenvalue weighted by molar-refractivity contribution is 5.40. The maximum Gasteiger partial charge on any atom is 0.142 e. The van der Waals surface area contributed by atoms with Crippen molar-refractivity contribution in [2.75, 3.05) is 0 Å². The summed E-state index contributed by atoms with van der Waals surface area (Å²) in [6, 6.07) is 1.54. The van der Waals surface area contributed by atoms with E-state index in [0.717, 1.165) is 18.4 Å². The average Bonchev–Trinajstić information content (AvgIpc) is 2.20. The Balaban J connectivity index is 2.51. The van der Waals surface area contributed by atoms with Crippen molar-refractivity contribution in [3.05, 3.63) is 23.5 Å². The fourth-order valence-corrected chi connectivity index (χ4v) is 2.18. The maximum atomic E-state index is 13.5. The van der Waals surface area contributed by atoms with Crippen LogP contribution in [0.15, 0.2) is 12.3 Å². The summed E-state index contributed by atoms with van der Waals surface area (Å²) >= 11 is 0. The van der Waals surface area contributed by atoms with Crippen LogP contribution in [-0.4, -0.2) is 10.1 Å². The number of hydrogen-bond donors (Lipinski definition) is 1. The van der Waals surface area contributed by atoms with Gasteiger partial charge in [0.25, 0.3) is 0 Å². The first kappa shape index (κ1) is 9.44. The zero-order valence-electron chi connectivity index (χ0n) is 8.20. The molecule has 0 bridgehead atoms. The summed E-state index contributed by atoms with van der Waals surface area (Å²) in [5.41, 5.74) is 1.18. The highest BCUT2D eigenvalue weighted by Crippen LogP contribution is 2.43. The molecule has 2 nitrogen and oxygen atoms in total. The minimum atomic E-state index is -1.00. The zero-order valence-corrected chi connectivity index (χ0v) is 8.20. The molecule has 0 saturated carbocycles. The predicted molar refractivity (Wildman–Crippen MR) is 52.0 cm³/mol. The standard InChI is InChI=1S/C11H14FNO/c1-2-7-3-4-8(12)11-10(7)9(14)5-6-13-11/h5-8H,2-4H2,1H3,(H,13,14)/t7-,8-/m0/s1. The minimum Gasteiger partial charge on any atom is -0.508 e. The Bertz CT molecular complexity index is 340. The van der Waals surface area contributed by atoms with Crippen LogP contribution in [0.25, 0.3) is 0 Å². The lowest BCUT2D eigenvalue weighted by molar-refractivity contribution is 0.273. The van der Waals surface area contributed by atoms with Crippen molar-refractivity contribution in [3.8, 4) is 5.75 Å². The van der Waals surface area contributed by atoms with E-state index in [-0.39, 0.29) is 11.7 Å². The lowest BCUT2D eigenvalue weighted by Gasteiger charge is -2.26. The molecule has 0 radical (unpaired) electrons. The van der Waals surface area contributed by atoms with Crippen molar-refractivity contribution in [1.82, 2.24) is 4.98 Å². The molecule has 1 aliphatic rings. The van der Waals surface area contributed by atoms with Gasteiger partial charge in [-0.05, 0) is 31.2 Å². The first-order valence-electron chi connectivity index (χ1n) is 5.05. The molecule has 3 heteroatoms. The van der Waals surface area contributed by atoms with E-state index in [1.54, 1.807) is 6.07 Å². The smallest absolute Gasteiger partial charge is 0.142 e. The zero-order chi connectivity index (χ0) is 10.1. The molecule has 14 heavy (non-hydrogen) atoms. The van der Waals surface area contributed by atoms with Crippen molar-refractivity contribution >= 4 is 0 Å². The number of halogens is 1. The van der Waals surface area contributed by atoms with Gasteiger partial charge in [0.1, 0.15) is 11.9 Å². The third-order valence-electron chi connectivity index (χ3n) is 2.96. The van der Waals surface area contributed by atoms with Crippen molar-refractivity contribution in [3.63, 3.8) is 0 Å². The molecule has 1 aromatic rings. The fraction of sp³-hybridized carbons (Fsp3) is 0.545. The van der Waals surface area contributed by atoms with Gasteiger partial charge in [0.05, 0.1) is 5.69 Å². The predicted octanol–water partition coefficient (Wildman–Crippen LogP) is 3.09. The van der Waals surface area contributed by atoms with Crippen LogP contribution < -0.4 is 0 Å². The molecule has 0 aliphatic heterocycles. The number of aromatic nitrogens is 1. The molecule has 0 amide bonds. The third kappa shape index (κ3) is 1.37. The Morgan fingerprint density at radius 2 is 2.36 bits per heavy atom. The summed E-state index contributed by atoms with van der Waals surface area (Å²) in [4.78, 5) is 4.02. The van der Waals surface area contributed by atoms with Gasteiger partial charge in [-0.2, -0.15) is 0 Å². The Labute approximate surface area is 82.8 Å². The number of fused-ring (bicyclic) bond motifs is 1. The van der Waals surface area contributed by atoms with Gasteiger partial charge in [0.15, 0.2) is 0 Å². The highest BCUT2D eigenvalue weighted by atomic mass is 19.1. The van der Waals surface area contributed by atoms with E-state index < -0.39 is 6.17 Å². The molecule has 2 atom stereocenters. The van der Waals surface area contributed by atoms with E-state index in [0.29, 0.717) is 12.1 Å². The number of rotatable bonds is 1. The van der Waals surface area contributed by atoms with Crippen LogP contribution in [0, 0.1) is 0 Å². The molecular weight excluding hydrogens is 181 g/mol. The molecule has 2 rings (SSSR count). The lowest BCUT2D eigenvalue weighted by Crippen LogP contribution is -2.13. The second-order valence-corrected chi connectivity index (χ2v) is 3.78. The summed E-state index contributed by atoms with van der Waals surface area (Å²) in [7, 11) is 0. The summed E-state index contributed by atoms with van der Waals surface area (Å²) in [5.74, 6) is 0.467. The van der Waals surface area contributed by atoms with Crippen molar-refractivity contribution in [2.45, 2.75) is 38.3 Å². The Morgan fingerprint density at radius 1 is 1.57 bits per heavy atom. The maximum absolute atomic E-state index is 13.5. The molecule has 0 aromatic carbocycles. The topological polar surface area (TPSA) is 33.1 Å². The highest BCUT2D eigenvalue weighted by Gasteiger charge is 2.29. The third-order valence-corrected chi connectivity index (χ3v) is 2.96. The molecule has 1 heterocycles. The molecule has 0 fully saturated rings. The number of hydrogen-bond acceptors (Lipinski definition) is 2. The fourth-order valence-electron chi connectivity index (χ4n) is 2.18. The van der Waals surface area contributed by atoms with Gasteiger partial charge in [0.2, 0.25) is 0 Å². The molecule has 0 unspecified atom stereocenters. The van der Waals surface area contributed by atoms with E-state index in [1.807, 2.05) is 0 Å². The van der Waals surface area contributed by atoms with Gasteiger partial charge in [-0.25, -0.2) is 4.39 Å². The normalized spacial score (nSPS) is 25.9. The van der Waals surface area contributed by atoms with Crippen LogP contribution in [-0.2, 0) is 0 Å². The number of aromatic hydroxyl groups is 1. The first-order valence-corrected chi connectivity index (χ1v) is 5.05. The molecule has 76 valence electrons. The first-order chi connectivity index (χ1) is 6.74. The second-order valence-electron chi connectivity index (χ2n) is 3.78. The number of nitrogens with zero attached hydrogens (tertiary/aromatic N) is 1. The second kappa shape index (κ2) is 3.56. The van der Waals surface area contributed by atoms with Crippen LogP contribution in [0.4, 0.5) is 4.39 Å². The summed E-state index contributed by atoms with van der Waals surface area (Å²) in [5, 5.41) is 9.67. The Hall–Kier alpha value is -1.12. The van der Waals surface area contributed by atoms with Gasteiger partial charge >= 0.3 is 0 Å².